The van der Waals surface area contributed by atoms with Gasteiger partial charge in [-0.1, -0.05) is 13.3 Å². The van der Waals surface area contributed by atoms with Crippen LogP contribution in [0.15, 0.2) is 0 Å². The fourth-order valence-electron chi connectivity index (χ4n) is 1.07. The minimum Gasteiger partial charge on any atom is -0.481 e. The second kappa shape index (κ2) is 5.70. The van der Waals surface area contributed by atoms with E-state index in [2.05, 4.69) is 5.32 Å². The lowest BCUT2D eigenvalue weighted by molar-refractivity contribution is -0.138. The van der Waals surface area contributed by atoms with Crippen LogP contribution in [-0.4, -0.2) is 29.1 Å². The van der Waals surface area contributed by atoms with E-state index in [0.717, 1.165) is 6.42 Å². The average molecular weight is 216 g/mol. The number of rotatable bonds is 6. The van der Waals surface area contributed by atoms with Crippen molar-refractivity contribution in [1.29, 1.82) is 0 Å². The van der Waals surface area contributed by atoms with Gasteiger partial charge in [-0.3, -0.25) is 9.59 Å². The van der Waals surface area contributed by atoms with E-state index in [1.165, 1.54) is 0 Å². The molecule has 0 aromatic carbocycles. The topological polar surface area (TPSA) is 92.4 Å². The maximum absolute atomic E-state index is 11.4. The highest BCUT2D eigenvalue weighted by Gasteiger charge is 2.22. The molecule has 0 saturated carbocycles. The lowest BCUT2D eigenvalue weighted by atomic mass is 10.0. The lowest BCUT2D eigenvalue weighted by Gasteiger charge is -2.20. The molecule has 1 atom stereocenters. The van der Waals surface area contributed by atoms with E-state index in [9.17, 15) is 9.59 Å². The van der Waals surface area contributed by atoms with Crippen molar-refractivity contribution < 1.29 is 14.7 Å². The van der Waals surface area contributed by atoms with Gasteiger partial charge >= 0.3 is 5.97 Å². The Bertz CT molecular complexity index is 233. The monoisotopic (exact) mass is 216 g/mol. The molecule has 0 aliphatic rings. The largest absolute Gasteiger partial charge is 0.481 e. The molecule has 5 heteroatoms. The lowest BCUT2D eigenvalue weighted by Crippen LogP contribution is -2.50. The SMILES string of the molecule is CCC(CNC(=O)C(C)(C)N)CC(=O)O. The summed E-state index contributed by atoms with van der Waals surface area (Å²) in [5.41, 5.74) is 4.66. The number of carboxylic acids is 1. The zero-order chi connectivity index (χ0) is 12.1. The molecular formula is C10H20N2O3. The highest BCUT2D eigenvalue weighted by Crippen LogP contribution is 2.07. The van der Waals surface area contributed by atoms with Crippen LogP contribution in [0.2, 0.25) is 0 Å². The molecule has 0 aliphatic carbocycles. The molecule has 0 aromatic rings. The Morgan fingerprint density at radius 3 is 2.33 bits per heavy atom. The smallest absolute Gasteiger partial charge is 0.303 e. The number of carbonyl (C=O) groups excluding carboxylic acids is 1. The summed E-state index contributed by atoms with van der Waals surface area (Å²) < 4.78 is 0. The van der Waals surface area contributed by atoms with Crippen molar-refractivity contribution >= 4 is 11.9 Å². The molecule has 0 spiro atoms. The van der Waals surface area contributed by atoms with E-state index >= 15 is 0 Å². The van der Waals surface area contributed by atoms with Gasteiger partial charge in [-0.25, -0.2) is 0 Å². The predicted molar refractivity (Wildman–Crippen MR) is 57.3 cm³/mol. The summed E-state index contributed by atoms with van der Waals surface area (Å²) in [5, 5.41) is 11.3. The first-order valence-electron chi connectivity index (χ1n) is 5.06. The molecule has 88 valence electrons. The molecule has 1 amide bonds. The quantitative estimate of drug-likeness (QED) is 0.597. The van der Waals surface area contributed by atoms with Gasteiger partial charge in [0.1, 0.15) is 0 Å². The molecule has 5 nitrogen and oxygen atoms in total. The fraction of sp³-hybridized carbons (Fsp3) is 0.800. The van der Waals surface area contributed by atoms with Crippen molar-refractivity contribution in [3.8, 4) is 0 Å². The summed E-state index contributed by atoms with van der Waals surface area (Å²) in [7, 11) is 0. The second-order valence-electron chi connectivity index (χ2n) is 4.30. The zero-order valence-electron chi connectivity index (χ0n) is 9.54. The van der Waals surface area contributed by atoms with E-state index in [4.69, 9.17) is 10.8 Å². The Balaban J connectivity index is 4.01. The summed E-state index contributed by atoms with van der Waals surface area (Å²) in [4.78, 5) is 21.9. The number of carboxylic acid groups (broad SMARTS) is 1. The molecule has 0 fully saturated rings. The molecule has 0 heterocycles. The third kappa shape index (κ3) is 6.06. The molecule has 4 N–H and O–H groups in total. The van der Waals surface area contributed by atoms with Crippen molar-refractivity contribution in [2.24, 2.45) is 11.7 Å². The van der Waals surface area contributed by atoms with Gasteiger partial charge < -0.3 is 16.2 Å². The van der Waals surface area contributed by atoms with E-state index < -0.39 is 11.5 Å². The normalized spacial score (nSPS) is 13.3. The van der Waals surface area contributed by atoms with E-state index in [1.807, 2.05) is 6.92 Å². The standard InChI is InChI=1S/C10H20N2O3/c1-4-7(5-8(13)14)6-12-9(15)10(2,3)11/h7H,4-6,11H2,1-3H3,(H,12,15)(H,13,14). The number of nitrogens with one attached hydrogen (secondary N) is 1. The molecule has 0 aliphatic heterocycles. The summed E-state index contributed by atoms with van der Waals surface area (Å²) in [5.74, 6) is -1.14. The van der Waals surface area contributed by atoms with Crippen LogP contribution < -0.4 is 11.1 Å². The van der Waals surface area contributed by atoms with Gasteiger partial charge in [-0.15, -0.1) is 0 Å². The molecule has 0 saturated heterocycles. The number of aliphatic carboxylic acids is 1. The van der Waals surface area contributed by atoms with Crippen LogP contribution in [0, 0.1) is 5.92 Å². The van der Waals surface area contributed by atoms with Gasteiger partial charge in [0.05, 0.1) is 5.54 Å². The average Bonchev–Trinajstić information content (AvgIpc) is 2.09. The van der Waals surface area contributed by atoms with Gasteiger partial charge in [-0.2, -0.15) is 0 Å². The van der Waals surface area contributed by atoms with Crippen LogP contribution in [0.5, 0.6) is 0 Å². The first-order valence-corrected chi connectivity index (χ1v) is 5.06. The number of hydrogen-bond acceptors (Lipinski definition) is 3. The highest BCUT2D eigenvalue weighted by molar-refractivity contribution is 5.85. The number of carbonyl (C=O) groups is 2. The Labute approximate surface area is 90.0 Å². The van der Waals surface area contributed by atoms with Crippen molar-refractivity contribution in [3.05, 3.63) is 0 Å². The second-order valence-corrected chi connectivity index (χ2v) is 4.30. The maximum atomic E-state index is 11.4. The van der Waals surface area contributed by atoms with Crippen molar-refractivity contribution in [3.63, 3.8) is 0 Å². The van der Waals surface area contributed by atoms with Crippen LogP contribution in [-0.2, 0) is 9.59 Å². The maximum Gasteiger partial charge on any atom is 0.303 e. The number of amides is 1. The minimum absolute atomic E-state index is 0.0335. The summed E-state index contributed by atoms with van der Waals surface area (Å²) in [6, 6.07) is 0. The van der Waals surface area contributed by atoms with Gasteiger partial charge in [-0.05, 0) is 19.8 Å². The van der Waals surface area contributed by atoms with Crippen LogP contribution in [0.1, 0.15) is 33.6 Å². The molecular weight excluding hydrogens is 196 g/mol. The molecule has 0 bridgehead atoms. The van der Waals surface area contributed by atoms with Crippen LogP contribution >= 0.6 is 0 Å². The summed E-state index contributed by atoms with van der Waals surface area (Å²) in [6.45, 7) is 5.48. The Hall–Kier alpha value is -1.10. The Morgan fingerprint density at radius 2 is 2.00 bits per heavy atom. The summed E-state index contributed by atoms with van der Waals surface area (Å²) in [6.07, 6.45) is 0.791. The third-order valence-electron chi connectivity index (χ3n) is 2.18. The minimum atomic E-state index is -0.915. The van der Waals surface area contributed by atoms with Gasteiger partial charge in [0, 0.05) is 13.0 Å². The van der Waals surface area contributed by atoms with Crippen LogP contribution in [0.4, 0.5) is 0 Å². The third-order valence-corrected chi connectivity index (χ3v) is 2.18. The molecule has 0 rings (SSSR count). The van der Waals surface area contributed by atoms with Gasteiger partial charge in [0.2, 0.25) is 5.91 Å². The van der Waals surface area contributed by atoms with Crippen LogP contribution in [0.3, 0.4) is 0 Å². The van der Waals surface area contributed by atoms with Crippen molar-refractivity contribution in [2.75, 3.05) is 6.54 Å². The molecule has 15 heavy (non-hydrogen) atoms. The first kappa shape index (κ1) is 13.9. The predicted octanol–water partition coefficient (Wildman–Crippen LogP) is 0.341. The van der Waals surface area contributed by atoms with E-state index in [0.29, 0.717) is 6.54 Å². The number of nitrogens with two attached hydrogens (primary N) is 1. The Morgan fingerprint density at radius 1 is 1.47 bits per heavy atom. The Kier molecular flexibility index (Phi) is 5.28. The van der Waals surface area contributed by atoms with E-state index in [-0.39, 0.29) is 18.2 Å². The van der Waals surface area contributed by atoms with Gasteiger partial charge in [0.15, 0.2) is 0 Å². The van der Waals surface area contributed by atoms with Crippen LogP contribution in [0.25, 0.3) is 0 Å². The first-order chi connectivity index (χ1) is 6.77. The van der Waals surface area contributed by atoms with E-state index in [1.54, 1.807) is 13.8 Å². The number of hydrogen-bond donors (Lipinski definition) is 3. The molecule has 1 unspecified atom stereocenters. The summed E-state index contributed by atoms with van der Waals surface area (Å²) >= 11 is 0. The van der Waals surface area contributed by atoms with Crippen molar-refractivity contribution in [1.82, 2.24) is 5.32 Å². The van der Waals surface area contributed by atoms with Crippen molar-refractivity contribution in [2.45, 2.75) is 39.2 Å². The zero-order valence-corrected chi connectivity index (χ0v) is 9.54. The molecule has 0 radical (unpaired) electrons. The highest BCUT2D eigenvalue weighted by atomic mass is 16.4. The van der Waals surface area contributed by atoms with Gasteiger partial charge in [0.25, 0.3) is 0 Å². The fourth-order valence-corrected chi connectivity index (χ4v) is 1.07. The molecule has 0 aromatic heterocycles.